The number of hydrogen-bond donors (Lipinski definition) is 2. The van der Waals surface area contributed by atoms with Crippen LogP contribution in [0.1, 0.15) is 44.1 Å². The summed E-state index contributed by atoms with van der Waals surface area (Å²) in [6.07, 6.45) is 7.86. The van der Waals surface area contributed by atoms with E-state index < -0.39 is 0 Å². The minimum absolute atomic E-state index is 0.0444. The highest BCUT2D eigenvalue weighted by molar-refractivity contribution is 5.93. The first kappa shape index (κ1) is 13.8. The zero-order chi connectivity index (χ0) is 15.4. The van der Waals surface area contributed by atoms with E-state index in [1.54, 1.807) is 0 Å². The Bertz CT molecular complexity index is 635. The van der Waals surface area contributed by atoms with Crippen LogP contribution in [0.25, 0.3) is 0 Å². The molecule has 2 bridgehead atoms. The predicted octanol–water partition coefficient (Wildman–Crippen LogP) is 3.30. The van der Waals surface area contributed by atoms with E-state index in [1.807, 2.05) is 12.1 Å². The first-order chi connectivity index (χ1) is 11.2. The largest absolute Gasteiger partial charge is 0.328 e. The number of carbonyl (C=O) groups excluding carboxylic acids is 1. The topological polar surface area (TPSA) is 44.4 Å². The molecule has 1 spiro atoms. The fourth-order valence-electron chi connectivity index (χ4n) is 5.74. The van der Waals surface area contributed by atoms with Gasteiger partial charge < -0.3 is 10.6 Å². The van der Waals surface area contributed by atoms with Crippen LogP contribution < -0.4 is 10.6 Å². The molecule has 3 fully saturated rings. The van der Waals surface area contributed by atoms with Crippen LogP contribution >= 0.6 is 0 Å². The molecule has 0 radical (unpaired) electrons. The molecule has 0 aromatic heterocycles. The number of anilines is 1. The number of likely N-dealkylation sites (tertiary alicyclic amines) is 1. The molecule has 2 aliphatic heterocycles. The van der Waals surface area contributed by atoms with E-state index in [0.717, 1.165) is 49.5 Å². The van der Waals surface area contributed by atoms with Crippen LogP contribution in [0.2, 0.25) is 0 Å². The summed E-state index contributed by atoms with van der Waals surface area (Å²) in [5, 5.41) is 6.21. The SMILES string of the molecule is O=C1Nc2ccccc2C2(CCN(C3C[C@@H]4CC[C@@H]3C4)CC2)N1. The Kier molecular flexibility index (Phi) is 2.99. The third-order valence-corrected chi connectivity index (χ3v) is 6.87. The van der Waals surface area contributed by atoms with Crippen LogP contribution in [0.4, 0.5) is 10.5 Å². The lowest BCUT2D eigenvalue weighted by atomic mass is 9.78. The van der Waals surface area contributed by atoms with Crippen molar-refractivity contribution in [2.45, 2.75) is 50.1 Å². The fourth-order valence-corrected chi connectivity index (χ4v) is 5.74. The van der Waals surface area contributed by atoms with Gasteiger partial charge in [0.25, 0.3) is 0 Å². The van der Waals surface area contributed by atoms with Crippen molar-refractivity contribution in [2.24, 2.45) is 11.8 Å². The third kappa shape index (κ3) is 2.11. The number of nitrogens with zero attached hydrogens (tertiary/aromatic N) is 1. The number of urea groups is 1. The average Bonchev–Trinajstić information content (AvgIpc) is 3.19. The van der Waals surface area contributed by atoms with E-state index in [-0.39, 0.29) is 11.6 Å². The maximum atomic E-state index is 12.1. The molecule has 2 amide bonds. The minimum Gasteiger partial charge on any atom is -0.328 e. The number of carbonyl (C=O) groups is 1. The van der Waals surface area contributed by atoms with Crippen LogP contribution in [-0.4, -0.2) is 30.1 Å². The molecule has 23 heavy (non-hydrogen) atoms. The van der Waals surface area contributed by atoms with Gasteiger partial charge in [0.2, 0.25) is 0 Å². The lowest BCUT2D eigenvalue weighted by Crippen LogP contribution is -2.58. The van der Waals surface area contributed by atoms with Gasteiger partial charge in [0.15, 0.2) is 0 Å². The summed E-state index contributed by atoms with van der Waals surface area (Å²) in [4.78, 5) is 14.8. The lowest BCUT2D eigenvalue weighted by Gasteiger charge is -2.48. The molecule has 2 N–H and O–H groups in total. The molecule has 1 unspecified atom stereocenters. The van der Waals surface area contributed by atoms with Crippen LogP contribution in [0, 0.1) is 11.8 Å². The molecule has 4 heteroatoms. The molecular formula is C19H25N3O. The molecule has 4 aliphatic rings. The molecule has 5 rings (SSSR count). The third-order valence-electron chi connectivity index (χ3n) is 6.87. The average molecular weight is 311 g/mol. The van der Waals surface area contributed by atoms with Crippen molar-refractivity contribution in [1.82, 2.24) is 10.2 Å². The van der Waals surface area contributed by atoms with Gasteiger partial charge in [-0.05, 0) is 50.0 Å². The van der Waals surface area contributed by atoms with Gasteiger partial charge in [0.05, 0.1) is 5.54 Å². The number of amides is 2. The van der Waals surface area contributed by atoms with Crippen molar-refractivity contribution in [2.75, 3.05) is 18.4 Å². The van der Waals surface area contributed by atoms with Crippen LogP contribution in [-0.2, 0) is 5.54 Å². The van der Waals surface area contributed by atoms with Crippen molar-refractivity contribution in [3.05, 3.63) is 29.8 Å². The van der Waals surface area contributed by atoms with E-state index >= 15 is 0 Å². The number of benzene rings is 1. The Morgan fingerprint density at radius 1 is 1.09 bits per heavy atom. The van der Waals surface area contributed by atoms with E-state index in [2.05, 4.69) is 27.7 Å². The maximum Gasteiger partial charge on any atom is 0.319 e. The molecule has 122 valence electrons. The van der Waals surface area contributed by atoms with Gasteiger partial charge in [-0.1, -0.05) is 24.6 Å². The van der Waals surface area contributed by atoms with Gasteiger partial charge in [-0.15, -0.1) is 0 Å². The number of fused-ring (bicyclic) bond motifs is 4. The molecule has 2 saturated carbocycles. The van der Waals surface area contributed by atoms with E-state index in [0.29, 0.717) is 0 Å². The molecule has 2 aliphatic carbocycles. The highest BCUT2D eigenvalue weighted by Gasteiger charge is 2.47. The Labute approximate surface area is 137 Å². The monoisotopic (exact) mass is 311 g/mol. The summed E-state index contributed by atoms with van der Waals surface area (Å²) in [6.45, 7) is 2.23. The van der Waals surface area contributed by atoms with Crippen molar-refractivity contribution in [1.29, 1.82) is 0 Å². The zero-order valence-electron chi connectivity index (χ0n) is 13.6. The molecule has 3 atom stereocenters. The number of para-hydroxylation sites is 1. The quantitative estimate of drug-likeness (QED) is 0.836. The van der Waals surface area contributed by atoms with Crippen LogP contribution in [0.5, 0.6) is 0 Å². The highest BCUT2D eigenvalue weighted by atomic mass is 16.2. The number of nitrogens with one attached hydrogen (secondary N) is 2. The zero-order valence-corrected chi connectivity index (χ0v) is 13.6. The van der Waals surface area contributed by atoms with Crippen molar-refractivity contribution >= 4 is 11.7 Å². The summed E-state index contributed by atoms with van der Waals surface area (Å²) in [6, 6.07) is 9.06. The Morgan fingerprint density at radius 3 is 2.65 bits per heavy atom. The van der Waals surface area contributed by atoms with Gasteiger partial charge in [0, 0.05) is 30.4 Å². The molecule has 1 aromatic rings. The second kappa shape index (κ2) is 4.97. The maximum absolute atomic E-state index is 12.1. The van der Waals surface area contributed by atoms with Crippen LogP contribution in [0.3, 0.4) is 0 Å². The van der Waals surface area contributed by atoms with Gasteiger partial charge in [-0.3, -0.25) is 4.90 Å². The van der Waals surface area contributed by atoms with Gasteiger partial charge in [0.1, 0.15) is 0 Å². The van der Waals surface area contributed by atoms with Crippen molar-refractivity contribution < 1.29 is 4.79 Å². The fraction of sp³-hybridized carbons (Fsp3) is 0.632. The summed E-state index contributed by atoms with van der Waals surface area (Å²) in [7, 11) is 0. The lowest BCUT2D eigenvalue weighted by molar-refractivity contribution is 0.0745. The van der Waals surface area contributed by atoms with E-state index in [4.69, 9.17) is 0 Å². The summed E-state index contributed by atoms with van der Waals surface area (Å²) in [5.41, 5.74) is 2.10. The Morgan fingerprint density at radius 2 is 1.91 bits per heavy atom. The summed E-state index contributed by atoms with van der Waals surface area (Å²) in [5.74, 6) is 1.95. The molecular weight excluding hydrogens is 286 g/mol. The van der Waals surface area contributed by atoms with Crippen molar-refractivity contribution in [3.63, 3.8) is 0 Å². The van der Waals surface area contributed by atoms with Crippen molar-refractivity contribution in [3.8, 4) is 0 Å². The van der Waals surface area contributed by atoms with E-state index in [9.17, 15) is 4.79 Å². The van der Waals surface area contributed by atoms with E-state index in [1.165, 1.54) is 31.2 Å². The molecule has 2 heterocycles. The molecule has 1 saturated heterocycles. The normalized spacial score (nSPS) is 35.0. The minimum atomic E-state index is -0.160. The second-order valence-electron chi connectivity index (χ2n) is 7.98. The molecule has 4 nitrogen and oxygen atoms in total. The first-order valence-corrected chi connectivity index (χ1v) is 9.16. The Balaban J connectivity index is 1.37. The standard InChI is InChI=1S/C19H25N3O/c23-18-20-16-4-2-1-3-15(16)19(21-18)7-9-22(10-8-19)17-12-13-5-6-14(17)11-13/h1-4,13-14,17H,5-12H2,(H2,20,21,23)/t13-,14-,17?/m1/s1. The van der Waals surface area contributed by atoms with Gasteiger partial charge in [-0.2, -0.15) is 0 Å². The smallest absolute Gasteiger partial charge is 0.319 e. The number of hydrogen-bond acceptors (Lipinski definition) is 2. The summed E-state index contributed by atoms with van der Waals surface area (Å²) < 4.78 is 0. The second-order valence-corrected chi connectivity index (χ2v) is 7.98. The summed E-state index contributed by atoms with van der Waals surface area (Å²) >= 11 is 0. The van der Waals surface area contributed by atoms with Gasteiger partial charge >= 0.3 is 6.03 Å². The van der Waals surface area contributed by atoms with Gasteiger partial charge in [-0.25, -0.2) is 4.79 Å². The predicted molar refractivity (Wildman–Crippen MR) is 90.3 cm³/mol. The first-order valence-electron chi connectivity index (χ1n) is 9.16. The highest BCUT2D eigenvalue weighted by Crippen LogP contribution is 2.48. The van der Waals surface area contributed by atoms with Crippen LogP contribution in [0.15, 0.2) is 24.3 Å². The number of rotatable bonds is 1. The molecule has 1 aromatic carbocycles. The Hall–Kier alpha value is -1.55. The number of piperidine rings is 1.